The van der Waals surface area contributed by atoms with Crippen LogP contribution in [0.4, 0.5) is 5.95 Å². The summed E-state index contributed by atoms with van der Waals surface area (Å²) in [6, 6.07) is 5.35. The van der Waals surface area contributed by atoms with Crippen molar-refractivity contribution >= 4 is 23.5 Å². The Kier molecular flexibility index (Phi) is 6.28. The van der Waals surface area contributed by atoms with Crippen molar-refractivity contribution in [2.45, 2.75) is 45.3 Å². The second kappa shape index (κ2) is 8.68. The SMILES string of the molecule is CCCSc1nc2n(n1)C(c1ccc(OCC)c(OC)c1)C(C(C)=O)=C(C)N2. The van der Waals surface area contributed by atoms with E-state index < -0.39 is 0 Å². The first-order chi connectivity index (χ1) is 13.5. The van der Waals surface area contributed by atoms with Gasteiger partial charge in [0.05, 0.1) is 13.7 Å². The van der Waals surface area contributed by atoms with Crippen LogP contribution in [-0.2, 0) is 4.79 Å². The molecule has 2 heterocycles. The molecule has 28 heavy (non-hydrogen) atoms. The highest BCUT2D eigenvalue weighted by Gasteiger charge is 2.33. The van der Waals surface area contributed by atoms with Crippen molar-refractivity contribution in [1.82, 2.24) is 14.8 Å². The molecule has 3 rings (SSSR count). The quantitative estimate of drug-likeness (QED) is 0.667. The van der Waals surface area contributed by atoms with E-state index in [1.54, 1.807) is 30.5 Å². The van der Waals surface area contributed by atoms with E-state index in [2.05, 4.69) is 22.3 Å². The maximum Gasteiger partial charge on any atom is 0.227 e. The third kappa shape index (κ3) is 3.87. The van der Waals surface area contributed by atoms with Gasteiger partial charge in [-0.3, -0.25) is 4.79 Å². The Labute approximate surface area is 169 Å². The predicted molar refractivity (Wildman–Crippen MR) is 110 cm³/mol. The van der Waals surface area contributed by atoms with Crippen LogP contribution in [0, 0.1) is 0 Å². The van der Waals surface area contributed by atoms with Crippen molar-refractivity contribution in [2.75, 3.05) is 24.8 Å². The number of thioether (sulfide) groups is 1. The molecule has 0 spiro atoms. The van der Waals surface area contributed by atoms with Gasteiger partial charge in [-0.2, -0.15) is 4.98 Å². The minimum Gasteiger partial charge on any atom is -0.493 e. The number of rotatable bonds is 8. The van der Waals surface area contributed by atoms with Gasteiger partial charge in [0.1, 0.15) is 6.04 Å². The number of methoxy groups -OCH3 is 1. The largest absolute Gasteiger partial charge is 0.493 e. The predicted octanol–water partition coefficient (Wildman–Crippen LogP) is 4.07. The summed E-state index contributed by atoms with van der Waals surface area (Å²) in [5.41, 5.74) is 2.34. The number of nitrogens with one attached hydrogen (secondary N) is 1. The van der Waals surface area contributed by atoms with Crippen molar-refractivity contribution in [3.8, 4) is 11.5 Å². The Morgan fingerprint density at radius 2 is 2.11 bits per heavy atom. The van der Waals surface area contributed by atoms with Gasteiger partial charge >= 0.3 is 0 Å². The van der Waals surface area contributed by atoms with Crippen LogP contribution in [0.2, 0.25) is 0 Å². The monoisotopic (exact) mass is 402 g/mol. The number of Topliss-reactive ketones (excluding diaryl/α,β-unsaturated/α-hetero) is 1. The number of allylic oxidation sites excluding steroid dienone is 2. The summed E-state index contributed by atoms with van der Waals surface area (Å²) in [7, 11) is 1.61. The van der Waals surface area contributed by atoms with Crippen LogP contribution in [0.5, 0.6) is 11.5 Å². The number of nitrogens with zero attached hydrogens (tertiary/aromatic N) is 3. The van der Waals surface area contributed by atoms with Gasteiger partial charge in [-0.05, 0) is 44.9 Å². The Morgan fingerprint density at radius 1 is 1.32 bits per heavy atom. The van der Waals surface area contributed by atoms with Crippen LogP contribution >= 0.6 is 11.8 Å². The molecule has 1 N–H and O–H groups in total. The van der Waals surface area contributed by atoms with Crippen LogP contribution in [0.25, 0.3) is 0 Å². The molecule has 0 saturated carbocycles. The molecule has 0 radical (unpaired) electrons. The van der Waals surface area contributed by atoms with Crippen LogP contribution in [-0.4, -0.2) is 40.0 Å². The van der Waals surface area contributed by atoms with Crippen molar-refractivity contribution in [3.05, 3.63) is 35.0 Å². The average Bonchev–Trinajstić information content (AvgIpc) is 3.07. The first-order valence-electron chi connectivity index (χ1n) is 9.38. The van der Waals surface area contributed by atoms with Gasteiger partial charge in [0.2, 0.25) is 11.1 Å². The Hall–Kier alpha value is -2.48. The van der Waals surface area contributed by atoms with E-state index >= 15 is 0 Å². The summed E-state index contributed by atoms with van der Waals surface area (Å²) in [5, 5.41) is 8.60. The van der Waals surface area contributed by atoms with Gasteiger partial charge in [0, 0.05) is 17.0 Å². The Bertz CT molecular complexity index is 907. The number of ketones is 1. The van der Waals surface area contributed by atoms with Crippen LogP contribution in [0.1, 0.15) is 45.7 Å². The maximum absolute atomic E-state index is 12.5. The molecule has 0 aliphatic carbocycles. The van der Waals surface area contributed by atoms with Gasteiger partial charge < -0.3 is 14.8 Å². The second-order valence-electron chi connectivity index (χ2n) is 6.48. The zero-order chi connectivity index (χ0) is 20.3. The number of aromatic nitrogens is 3. The molecule has 2 aromatic rings. The molecule has 1 atom stereocenters. The number of anilines is 1. The summed E-state index contributed by atoms with van der Waals surface area (Å²) in [6.07, 6.45) is 1.04. The highest BCUT2D eigenvalue weighted by molar-refractivity contribution is 7.99. The first kappa shape index (κ1) is 20.3. The van der Waals surface area contributed by atoms with E-state index in [1.165, 1.54) is 0 Å². The molecule has 0 fully saturated rings. The molecule has 8 heteroatoms. The number of carbonyl (C=O) groups excluding carboxylic acids is 1. The fourth-order valence-corrected chi connectivity index (χ4v) is 3.96. The lowest BCUT2D eigenvalue weighted by Gasteiger charge is -2.28. The van der Waals surface area contributed by atoms with Gasteiger partial charge in [-0.1, -0.05) is 24.8 Å². The molecule has 1 unspecified atom stereocenters. The van der Waals surface area contributed by atoms with Gasteiger partial charge in [0.25, 0.3) is 0 Å². The lowest BCUT2D eigenvalue weighted by molar-refractivity contribution is -0.114. The van der Waals surface area contributed by atoms with E-state index in [0.717, 1.165) is 23.4 Å². The first-order valence-corrected chi connectivity index (χ1v) is 10.4. The summed E-state index contributed by atoms with van der Waals surface area (Å²) in [5.74, 6) is 2.87. The molecule has 0 bridgehead atoms. The number of benzene rings is 1. The molecule has 1 aliphatic rings. The standard InChI is InChI=1S/C20H26N4O3S/c1-6-10-28-20-22-19-21-12(3)17(13(4)25)18(24(19)23-20)14-8-9-15(27-7-2)16(11-14)26-5/h8-9,11,18H,6-7,10H2,1-5H3,(H,21,22,23). The second-order valence-corrected chi connectivity index (χ2v) is 7.54. The topological polar surface area (TPSA) is 78.3 Å². The normalized spacial score (nSPS) is 15.8. The van der Waals surface area contributed by atoms with Crippen LogP contribution in [0.3, 0.4) is 0 Å². The molecule has 7 nitrogen and oxygen atoms in total. The van der Waals surface area contributed by atoms with Crippen molar-refractivity contribution < 1.29 is 14.3 Å². The number of hydrogen-bond acceptors (Lipinski definition) is 7. The molecule has 1 aromatic carbocycles. The molecular formula is C20H26N4O3S. The number of ether oxygens (including phenoxy) is 2. The van der Waals surface area contributed by atoms with Crippen molar-refractivity contribution in [1.29, 1.82) is 0 Å². The minimum absolute atomic E-state index is 0.00763. The summed E-state index contributed by atoms with van der Waals surface area (Å²) in [6.45, 7) is 8.07. The number of hydrogen-bond donors (Lipinski definition) is 1. The van der Waals surface area contributed by atoms with Crippen molar-refractivity contribution in [3.63, 3.8) is 0 Å². The zero-order valence-electron chi connectivity index (χ0n) is 16.9. The summed E-state index contributed by atoms with van der Waals surface area (Å²) in [4.78, 5) is 17.1. The zero-order valence-corrected chi connectivity index (χ0v) is 17.7. The smallest absolute Gasteiger partial charge is 0.227 e. The lowest BCUT2D eigenvalue weighted by Crippen LogP contribution is -2.27. The van der Waals surface area contributed by atoms with E-state index in [-0.39, 0.29) is 11.8 Å². The van der Waals surface area contributed by atoms with Gasteiger partial charge in [-0.25, -0.2) is 4.68 Å². The highest BCUT2D eigenvalue weighted by Crippen LogP contribution is 2.39. The third-order valence-electron chi connectivity index (χ3n) is 4.45. The highest BCUT2D eigenvalue weighted by atomic mass is 32.2. The van der Waals surface area contributed by atoms with Crippen LogP contribution in [0.15, 0.2) is 34.6 Å². The molecule has 1 aliphatic heterocycles. The minimum atomic E-state index is -0.373. The molecular weight excluding hydrogens is 376 g/mol. The van der Waals surface area contributed by atoms with Crippen molar-refractivity contribution in [2.24, 2.45) is 0 Å². The Morgan fingerprint density at radius 3 is 2.75 bits per heavy atom. The number of carbonyl (C=O) groups is 1. The fraction of sp³-hybridized carbons (Fsp3) is 0.450. The summed E-state index contributed by atoms with van der Waals surface area (Å²) >= 11 is 1.61. The summed E-state index contributed by atoms with van der Waals surface area (Å²) < 4.78 is 12.9. The van der Waals surface area contributed by atoms with E-state index in [0.29, 0.717) is 34.8 Å². The number of fused-ring (bicyclic) bond motifs is 1. The molecule has 1 aromatic heterocycles. The lowest BCUT2D eigenvalue weighted by atomic mass is 9.93. The van der Waals surface area contributed by atoms with E-state index in [4.69, 9.17) is 9.47 Å². The third-order valence-corrected chi connectivity index (χ3v) is 5.49. The molecule has 0 saturated heterocycles. The fourth-order valence-electron chi connectivity index (χ4n) is 3.28. The van der Waals surface area contributed by atoms with Gasteiger partial charge in [-0.15, -0.1) is 5.10 Å². The van der Waals surface area contributed by atoms with E-state index in [9.17, 15) is 4.79 Å². The molecule has 0 amide bonds. The Balaban J connectivity index is 2.11. The van der Waals surface area contributed by atoms with E-state index in [1.807, 2.05) is 32.0 Å². The maximum atomic E-state index is 12.5. The van der Waals surface area contributed by atoms with Gasteiger partial charge in [0.15, 0.2) is 17.3 Å². The van der Waals surface area contributed by atoms with Crippen LogP contribution < -0.4 is 14.8 Å². The molecule has 150 valence electrons. The average molecular weight is 403 g/mol.